The predicted molar refractivity (Wildman–Crippen MR) is 138 cm³/mol. The van der Waals surface area contributed by atoms with Crippen LogP contribution in [0.4, 0.5) is 5.69 Å². The number of hydrogen-bond donors (Lipinski definition) is 0. The fraction of sp³-hybridized carbons (Fsp3) is 0.538. The van der Waals surface area contributed by atoms with Gasteiger partial charge in [-0.05, 0) is 43.0 Å². The van der Waals surface area contributed by atoms with Crippen LogP contribution >= 0.6 is 0 Å². The lowest BCUT2D eigenvalue weighted by molar-refractivity contribution is -0.384. The van der Waals surface area contributed by atoms with E-state index in [1.807, 2.05) is 6.07 Å². The summed E-state index contributed by atoms with van der Waals surface area (Å²) in [5, 5.41) is 11.1. The number of sulfonamides is 1. The third-order valence-electron chi connectivity index (χ3n) is 6.80. The van der Waals surface area contributed by atoms with Crippen LogP contribution in [-0.2, 0) is 25.9 Å². The Morgan fingerprint density at radius 2 is 1.59 bits per heavy atom. The van der Waals surface area contributed by atoms with Crippen LogP contribution in [0.1, 0.15) is 55.7 Å². The second kappa shape index (κ2) is 13.2. The monoisotopic (exact) mass is 536 g/mol. The number of nitro groups is 1. The molecular formula is C26H36N2O8S. The molecular weight excluding hydrogens is 500 g/mol. The van der Waals surface area contributed by atoms with Gasteiger partial charge in [-0.1, -0.05) is 31.7 Å². The van der Waals surface area contributed by atoms with E-state index in [-0.39, 0.29) is 17.1 Å². The molecule has 1 unspecified atom stereocenters. The van der Waals surface area contributed by atoms with Gasteiger partial charge in [-0.3, -0.25) is 10.1 Å². The van der Waals surface area contributed by atoms with E-state index < -0.39 is 27.3 Å². The first-order chi connectivity index (χ1) is 17.8. The molecule has 0 saturated carbocycles. The van der Waals surface area contributed by atoms with Crippen molar-refractivity contribution in [2.24, 2.45) is 0 Å². The largest absolute Gasteiger partial charge is 0.493 e. The average molecular weight is 537 g/mol. The number of benzene rings is 2. The first-order valence-electron chi connectivity index (χ1n) is 12.3. The molecule has 2 aromatic rings. The summed E-state index contributed by atoms with van der Waals surface area (Å²) in [4.78, 5) is 10.5. The number of rotatable bonds is 10. The van der Waals surface area contributed by atoms with Crippen molar-refractivity contribution in [2.75, 3.05) is 35.0 Å². The van der Waals surface area contributed by atoms with Gasteiger partial charge in [0.25, 0.3) is 5.69 Å². The molecule has 2 aromatic carbocycles. The fourth-order valence-corrected chi connectivity index (χ4v) is 6.48. The third-order valence-corrected chi connectivity index (χ3v) is 8.69. The summed E-state index contributed by atoms with van der Waals surface area (Å²) in [7, 11) is 1.97. The van der Waals surface area contributed by atoms with Gasteiger partial charge in [0, 0.05) is 31.9 Å². The highest BCUT2D eigenvalue weighted by molar-refractivity contribution is 7.89. The third kappa shape index (κ3) is 6.59. The number of hydrogen-bond acceptors (Lipinski definition) is 8. The Morgan fingerprint density at radius 1 is 0.946 bits per heavy atom. The summed E-state index contributed by atoms with van der Waals surface area (Å²) in [6.45, 7) is -0.0647. The molecule has 3 rings (SSSR count). The minimum absolute atomic E-state index is 0.0387. The van der Waals surface area contributed by atoms with Crippen LogP contribution in [-0.4, -0.2) is 58.9 Å². The molecule has 0 radical (unpaired) electrons. The van der Waals surface area contributed by atoms with Gasteiger partial charge in [0.1, 0.15) is 0 Å². The molecule has 1 aliphatic carbocycles. The highest BCUT2D eigenvalue weighted by Gasteiger charge is 2.36. The van der Waals surface area contributed by atoms with Gasteiger partial charge in [-0.2, -0.15) is 4.31 Å². The molecule has 0 amide bonds. The Labute approximate surface area is 218 Å². The number of non-ortho nitro benzene ring substituents is 1. The standard InChI is InChI=1S/C26H36N2O8S/c1-33-24-17-16-21-22(26(24)36-4)10-8-6-5-7-9-11-23(21)27(18-25(34-2)35-3)37(31,32)20-14-12-19(13-15-20)28(29)30/h12-17,23,25H,5-11,18H2,1-4H3. The number of fused-ring (bicyclic) bond motifs is 1. The summed E-state index contributed by atoms with van der Waals surface area (Å²) in [6, 6.07) is 8.11. The predicted octanol–water partition coefficient (Wildman–Crippen LogP) is 4.86. The first kappa shape index (κ1) is 28.8. The SMILES string of the molecule is COc1ccc2c(c1OC)CCCCCCCC2N(CC(OC)OC)S(=O)(=O)c1ccc([N+](=O)[O-])cc1. The number of methoxy groups -OCH3 is 4. The quantitative estimate of drug-likeness (QED) is 0.240. The summed E-state index contributed by atoms with van der Waals surface area (Å²) in [6.07, 6.45) is 5.37. The van der Waals surface area contributed by atoms with Gasteiger partial charge in [0.15, 0.2) is 17.8 Å². The molecule has 10 nitrogen and oxygen atoms in total. The van der Waals surface area contributed by atoms with E-state index in [9.17, 15) is 18.5 Å². The van der Waals surface area contributed by atoms with E-state index >= 15 is 0 Å². The van der Waals surface area contributed by atoms with E-state index in [2.05, 4.69) is 0 Å². The van der Waals surface area contributed by atoms with Gasteiger partial charge >= 0.3 is 0 Å². The van der Waals surface area contributed by atoms with Crippen molar-refractivity contribution >= 4 is 15.7 Å². The number of nitrogens with zero attached hydrogens (tertiary/aromatic N) is 2. The average Bonchev–Trinajstić information content (AvgIpc) is 2.91. The maximum Gasteiger partial charge on any atom is 0.269 e. The van der Waals surface area contributed by atoms with Crippen LogP contribution in [0.3, 0.4) is 0 Å². The molecule has 11 heteroatoms. The molecule has 0 bridgehead atoms. The molecule has 37 heavy (non-hydrogen) atoms. The Balaban J connectivity index is 2.20. The zero-order chi connectivity index (χ0) is 27.0. The van der Waals surface area contributed by atoms with Crippen LogP contribution < -0.4 is 9.47 Å². The van der Waals surface area contributed by atoms with Crippen LogP contribution in [0, 0.1) is 10.1 Å². The van der Waals surface area contributed by atoms with Crippen molar-refractivity contribution in [3.8, 4) is 11.5 Å². The van der Waals surface area contributed by atoms with E-state index in [0.717, 1.165) is 49.7 Å². The molecule has 204 valence electrons. The lowest BCUT2D eigenvalue weighted by Crippen LogP contribution is -2.42. The molecule has 1 aliphatic rings. The maximum absolute atomic E-state index is 14.1. The van der Waals surface area contributed by atoms with Crippen molar-refractivity contribution in [3.05, 3.63) is 57.6 Å². The Hall–Kier alpha value is -2.73. The second-order valence-corrected chi connectivity index (χ2v) is 10.8. The van der Waals surface area contributed by atoms with Gasteiger partial charge in [0.2, 0.25) is 10.0 Å². The number of ether oxygens (including phenoxy) is 4. The maximum atomic E-state index is 14.1. The molecule has 0 saturated heterocycles. The van der Waals surface area contributed by atoms with Crippen molar-refractivity contribution in [1.82, 2.24) is 4.31 Å². The molecule has 1 atom stereocenters. The molecule has 0 heterocycles. The van der Waals surface area contributed by atoms with Crippen molar-refractivity contribution in [1.29, 1.82) is 0 Å². The van der Waals surface area contributed by atoms with E-state index in [1.54, 1.807) is 20.3 Å². The molecule has 0 N–H and O–H groups in total. The summed E-state index contributed by atoms with van der Waals surface area (Å²) in [5.74, 6) is 1.20. The van der Waals surface area contributed by atoms with Crippen LogP contribution in [0.2, 0.25) is 0 Å². The number of nitro benzene ring substituents is 1. The lowest BCUT2D eigenvalue weighted by Gasteiger charge is -2.35. The first-order valence-corrected chi connectivity index (χ1v) is 13.8. The summed E-state index contributed by atoms with van der Waals surface area (Å²) in [5.41, 5.74) is 1.58. The van der Waals surface area contributed by atoms with Crippen molar-refractivity contribution in [2.45, 2.75) is 62.2 Å². The smallest absolute Gasteiger partial charge is 0.269 e. The Morgan fingerprint density at radius 3 is 2.19 bits per heavy atom. The highest BCUT2D eigenvalue weighted by Crippen LogP contribution is 2.42. The minimum atomic E-state index is -4.11. The fourth-order valence-electron chi connectivity index (χ4n) is 4.86. The van der Waals surface area contributed by atoms with Crippen molar-refractivity contribution < 1.29 is 32.3 Å². The Bertz CT molecular complexity index is 1150. The zero-order valence-corrected chi connectivity index (χ0v) is 22.7. The lowest BCUT2D eigenvalue weighted by atomic mass is 9.90. The molecule has 0 aliphatic heterocycles. The van der Waals surface area contributed by atoms with Crippen molar-refractivity contribution in [3.63, 3.8) is 0 Å². The highest BCUT2D eigenvalue weighted by atomic mass is 32.2. The van der Waals surface area contributed by atoms with Crippen LogP contribution in [0.5, 0.6) is 11.5 Å². The molecule has 0 spiro atoms. The summed E-state index contributed by atoms with van der Waals surface area (Å²) >= 11 is 0. The topological polar surface area (TPSA) is 117 Å². The molecule has 0 aromatic heterocycles. The van der Waals surface area contributed by atoms with E-state index in [0.29, 0.717) is 17.9 Å². The normalized spacial score (nSPS) is 16.9. The molecule has 0 fully saturated rings. The van der Waals surface area contributed by atoms with Gasteiger partial charge in [-0.15, -0.1) is 0 Å². The minimum Gasteiger partial charge on any atom is -0.493 e. The zero-order valence-electron chi connectivity index (χ0n) is 21.8. The van der Waals surface area contributed by atoms with Gasteiger partial charge < -0.3 is 18.9 Å². The van der Waals surface area contributed by atoms with E-state index in [1.165, 1.54) is 42.8 Å². The van der Waals surface area contributed by atoms with Gasteiger partial charge in [-0.25, -0.2) is 8.42 Å². The Kier molecular flexibility index (Phi) is 10.3. The van der Waals surface area contributed by atoms with Gasteiger partial charge in [0.05, 0.1) is 36.6 Å². The second-order valence-electron chi connectivity index (χ2n) is 8.92. The van der Waals surface area contributed by atoms with Crippen LogP contribution in [0.25, 0.3) is 0 Å². The summed E-state index contributed by atoms with van der Waals surface area (Å²) < 4.78 is 51.7. The van der Waals surface area contributed by atoms with Crippen LogP contribution in [0.15, 0.2) is 41.3 Å². The van der Waals surface area contributed by atoms with E-state index in [4.69, 9.17) is 18.9 Å².